The zero-order chi connectivity index (χ0) is 17.1. The number of hydrogen-bond acceptors (Lipinski definition) is 2. The Labute approximate surface area is 142 Å². The highest BCUT2D eigenvalue weighted by Crippen LogP contribution is 2.35. The molecule has 0 saturated carbocycles. The largest absolute Gasteiger partial charge is 0.366 e. The van der Waals surface area contributed by atoms with E-state index in [2.05, 4.69) is 18.0 Å². The molecule has 3 aromatic rings. The molecule has 1 aromatic heterocycles. The van der Waals surface area contributed by atoms with Crippen LogP contribution >= 0.6 is 0 Å². The highest BCUT2D eigenvalue weighted by molar-refractivity contribution is 5.97. The Morgan fingerprint density at radius 2 is 1.75 bits per heavy atom. The van der Waals surface area contributed by atoms with Crippen molar-refractivity contribution in [2.75, 3.05) is 0 Å². The van der Waals surface area contributed by atoms with Crippen molar-refractivity contribution in [2.45, 2.75) is 19.8 Å². The lowest BCUT2D eigenvalue weighted by molar-refractivity contribution is 0.0999. The summed E-state index contributed by atoms with van der Waals surface area (Å²) in [5.74, 6) is -0.397. The zero-order valence-electron chi connectivity index (χ0n) is 13.9. The van der Waals surface area contributed by atoms with Crippen molar-refractivity contribution in [3.8, 4) is 11.1 Å². The zero-order valence-corrected chi connectivity index (χ0v) is 13.9. The SMILES string of the molecule is Cc1ccc([C@H](C)c2c(C(N)=O)cccc2-c2ccccc2)cn1. The number of carbonyl (C=O) groups is 1. The van der Waals surface area contributed by atoms with Crippen molar-refractivity contribution in [3.05, 3.63) is 89.2 Å². The predicted molar refractivity (Wildman–Crippen MR) is 96.9 cm³/mol. The van der Waals surface area contributed by atoms with Crippen molar-refractivity contribution in [1.82, 2.24) is 4.98 Å². The monoisotopic (exact) mass is 316 g/mol. The Hall–Kier alpha value is -2.94. The molecule has 1 atom stereocenters. The van der Waals surface area contributed by atoms with Gasteiger partial charge in [-0.25, -0.2) is 0 Å². The number of benzene rings is 2. The summed E-state index contributed by atoms with van der Waals surface area (Å²) < 4.78 is 0. The fourth-order valence-electron chi connectivity index (χ4n) is 3.02. The van der Waals surface area contributed by atoms with E-state index in [1.165, 1.54) is 0 Å². The van der Waals surface area contributed by atoms with Crippen molar-refractivity contribution >= 4 is 5.91 Å². The number of nitrogens with two attached hydrogens (primary N) is 1. The quantitative estimate of drug-likeness (QED) is 0.780. The fraction of sp³-hybridized carbons (Fsp3) is 0.143. The molecule has 0 aliphatic heterocycles. The van der Waals surface area contributed by atoms with Gasteiger partial charge in [0, 0.05) is 23.4 Å². The van der Waals surface area contributed by atoms with Crippen molar-refractivity contribution in [2.24, 2.45) is 5.73 Å². The summed E-state index contributed by atoms with van der Waals surface area (Å²) in [7, 11) is 0. The normalized spacial score (nSPS) is 11.9. The fourth-order valence-corrected chi connectivity index (χ4v) is 3.02. The van der Waals surface area contributed by atoms with Crippen LogP contribution in [-0.4, -0.2) is 10.9 Å². The number of aryl methyl sites for hydroxylation is 1. The number of rotatable bonds is 4. The van der Waals surface area contributed by atoms with Crippen molar-refractivity contribution in [3.63, 3.8) is 0 Å². The Kier molecular flexibility index (Phi) is 4.43. The Bertz CT molecular complexity index is 855. The predicted octanol–water partition coefficient (Wildman–Crippen LogP) is 4.31. The van der Waals surface area contributed by atoms with Gasteiger partial charge in [0.1, 0.15) is 0 Å². The third-order valence-electron chi connectivity index (χ3n) is 4.32. The lowest BCUT2D eigenvalue weighted by atomic mass is 9.84. The molecular formula is C21H20N2O. The first-order valence-corrected chi connectivity index (χ1v) is 7.98. The molecule has 0 bridgehead atoms. The van der Waals surface area contributed by atoms with E-state index in [4.69, 9.17) is 5.73 Å². The van der Waals surface area contributed by atoms with Gasteiger partial charge in [-0.1, -0.05) is 55.5 Å². The summed E-state index contributed by atoms with van der Waals surface area (Å²) >= 11 is 0. The number of aromatic nitrogens is 1. The van der Waals surface area contributed by atoms with Crippen LogP contribution in [0.25, 0.3) is 11.1 Å². The van der Waals surface area contributed by atoms with Crippen LogP contribution < -0.4 is 5.73 Å². The van der Waals surface area contributed by atoms with Crippen LogP contribution in [0.4, 0.5) is 0 Å². The van der Waals surface area contributed by atoms with Crippen LogP contribution in [-0.2, 0) is 0 Å². The summed E-state index contributed by atoms with van der Waals surface area (Å²) in [4.78, 5) is 16.4. The standard InChI is InChI=1S/C21H20N2O/c1-14-11-12-17(13-23-14)15(2)20-18(16-7-4-3-5-8-16)9-6-10-19(20)21(22)24/h3-13,15H,1-2H3,(H2,22,24)/t15-/m0/s1. The van der Waals surface area contributed by atoms with Crippen LogP contribution in [0.3, 0.4) is 0 Å². The summed E-state index contributed by atoms with van der Waals surface area (Å²) in [6.07, 6.45) is 1.87. The van der Waals surface area contributed by atoms with Gasteiger partial charge in [-0.3, -0.25) is 9.78 Å². The van der Waals surface area contributed by atoms with Crippen LogP contribution in [0.2, 0.25) is 0 Å². The van der Waals surface area contributed by atoms with E-state index in [0.717, 1.165) is 27.9 Å². The third-order valence-corrected chi connectivity index (χ3v) is 4.32. The van der Waals surface area contributed by atoms with Gasteiger partial charge in [-0.15, -0.1) is 0 Å². The molecule has 24 heavy (non-hydrogen) atoms. The highest BCUT2D eigenvalue weighted by atomic mass is 16.1. The number of amides is 1. The van der Waals surface area contributed by atoms with Gasteiger partial charge in [-0.2, -0.15) is 0 Å². The van der Waals surface area contributed by atoms with Gasteiger partial charge in [0.2, 0.25) is 5.91 Å². The number of primary amides is 1. The maximum Gasteiger partial charge on any atom is 0.249 e. The minimum absolute atomic E-state index is 0.0111. The first kappa shape index (κ1) is 15.9. The molecule has 1 amide bonds. The first-order valence-electron chi connectivity index (χ1n) is 7.98. The molecule has 2 N–H and O–H groups in total. The van der Waals surface area contributed by atoms with Gasteiger partial charge in [0.25, 0.3) is 0 Å². The summed E-state index contributed by atoms with van der Waals surface area (Å²) in [6, 6.07) is 19.8. The molecule has 0 unspecified atom stereocenters. The first-order chi connectivity index (χ1) is 11.6. The molecule has 2 aromatic carbocycles. The molecule has 3 nitrogen and oxygen atoms in total. The second kappa shape index (κ2) is 6.67. The van der Waals surface area contributed by atoms with E-state index < -0.39 is 5.91 Å². The summed E-state index contributed by atoms with van der Waals surface area (Å²) in [6.45, 7) is 4.04. The molecule has 3 heteroatoms. The van der Waals surface area contributed by atoms with Crippen LogP contribution in [0.15, 0.2) is 66.9 Å². The van der Waals surface area contributed by atoms with E-state index in [1.54, 1.807) is 6.07 Å². The third kappa shape index (κ3) is 3.06. The summed E-state index contributed by atoms with van der Waals surface area (Å²) in [5.41, 5.74) is 11.3. The number of nitrogens with zero attached hydrogens (tertiary/aromatic N) is 1. The van der Waals surface area contributed by atoms with Gasteiger partial charge < -0.3 is 5.73 Å². The van der Waals surface area contributed by atoms with E-state index in [0.29, 0.717) is 5.56 Å². The molecule has 1 heterocycles. The minimum Gasteiger partial charge on any atom is -0.366 e. The van der Waals surface area contributed by atoms with E-state index in [-0.39, 0.29) is 5.92 Å². The highest BCUT2D eigenvalue weighted by Gasteiger charge is 2.20. The lowest BCUT2D eigenvalue weighted by Gasteiger charge is -2.20. The van der Waals surface area contributed by atoms with Crippen molar-refractivity contribution in [1.29, 1.82) is 0 Å². The molecule has 3 rings (SSSR count). The average Bonchev–Trinajstić information content (AvgIpc) is 2.62. The Morgan fingerprint density at radius 1 is 1.00 bits per heavy atom. The number of carbonyl (C=O) groups excluding carboxylic acids is 1. The van der Waals surface area contributed by atoms with Gasteiger partial charge in [0.15, 0.2) is 0 Å². The minimum atomic E-state index is -0.408. The van der Waals surface area contributed by atoms with E-state index in [1.807, 2.05) is 61.7 Å². The molecular weight excluding hydrogens is 296 g/mol. The second-order valence-electron chi connectivity index (χ2n) is 5.95. The van der Waals surface area contributed by atoms with Gasteiger partial charge >= 0.3 is 0 Å². The maximum absolute atomic E-state index is 12.0. The molecule has 0 saturated heterocycles. The Morgan fingerprint density at radius 3 is 2.38 bits per heavy atom. The summed E-state index contributed by atoms with van der Waals surface area (Å²) in [5, 5.41) is 0. The van der Waals surface area contributed by atoms with Crippen molar-refractivity contribution < 1.29 is 4.79 Å². The molecule has 0 fully saturated rings. The van der Waals surface area contributed by atoms with Crippen LogP contribution in [0.5, 0.6) is 0 Å². The van der Waals surface area contributed by atoms with Gasteiger partial charge in [0.05, 0.1) is 0 Å². The topological polar surface area (TPSA) is 56.0 Å². The molecule has 120 valence electrons. The van der Waals surface area contributed by atoms with Crippen LogP contribution in [0.1, 0.15) is 40.0 Å². The number of pyridine rings is 1. The Balaban J connectivity index is 2.20. The smallest absolute Gasteiger partial charge is 0.249 e. The van der Waals surface area contributed by atoms with Gasteiger partial charge in [-0.05, 0) is 41.3 Å². The van der Waals surface area contributed by atoms with E-state index >= 15 is 0 Å². The molecule has 0 spiro atoms. The molecule has 0 aliphatic rings. The molecule has 0 aliphatic carbocycles. The number of hydrogen-bond donors (Lipinski definition) is 1. The maximum atomic E-state index is 12.0. The van der Waals surface area contributed by atoms with E-state index in [9.17, 15) is 4.79 Å². The van der Waals surface area contributed by atoms with Crippen LogP contribution in [0, 0.1) is 6.92 Å². The second-order valence-corrected chi connectivity index (χ2v) is 5.95. The molecule has 0 radical (unpaired) electrons. The average molecular weight is 316 g/mol. The lowest BCUT2D eigenvalue weighted by Crippen LogP contribution is -2.16.